The average molecular weight is 508 g/mol. The van der Waals surface area contributed by atoms with Crippen LogP contribution in [0, 0.1) is 5.92 Å². The van der Waals surface area contributed by atoms with Crippen LogP contribution in [0.1, 0.15) is 61.6 Å². The van der Waals surface area contributed by atoms with Crippen LogP contribution in [0.3, 0.4) is 0 Å². The van der Waals surface area contributed by atoms with E-state index in [0.717, 1.165) is 42.7 Å². The third-order valence-electron chi connectivity index (χ3n) is 7.69. The monoisotopic (exact) mass is 507 g/mol. The van der Waals surface area contributed by atoms with Gasteiger partial charge in [-0.3, -0.25) is 9.59 Å². The number of pyridine rings is 1. The van der Waals surface area contributed by atoms with Crippen molar-refractivity contribution in [1.29, 1.82) is 0 Å². The minimum Gasteiger partial charge on any atom is -0.350 e. The molecule has 1 saturated heterocycles. The van der Waals surface area contributed by atoms with Crippen molar-refractivity contribution in [2.75, 3.05) is 6.54 Å². The Labute approximate surface area is 216 Å². The Kier molecular flexibility index (Phi) is 7.58. The molecule has 36 heavy (non-hydrogen) atoms. The van der Waals surface area contributed by atoms with Crippen LogP contribution in [0.4, 0.5) is 0 Å². The van der Waals surface area contributed by atoms with Gasteiger partial charge in [-0.15, -0.1) is 0 Å². The standard InChI is InChI=1S/C28H34ClN5O2/c1-17(27(35)33-15-20-11-23-24(29)16-32-26(23)31-14-20)34-28(36)25-12-19(13-30-25)6-5-18-7-9-22(10-8-18)21-3-2-4-21/h7-11,14,16-17,19,21,25,30H,2-6,12-13,15H2,1H3,(H,31,32)(H,33,35)(H,34,36)/t17-,19-,25+/m0/s1. The molecule has 1 aliphatic carbocycles. The van der Waals surface area contributed by atoms with Crippen molar-refractivity contribution in [2.24, 2.45) is 5.92 Å². The number of halogens is 1. The molecule has 1 aliphatic heterocycles. The smallest absolute Gasteiger partial charge is 0.242 e. The lowest BCUT2D eigenvalue weighted by Gasteiger charge is -2.25. The second-order valence-electron chi connectivity index (χ2n) is 10.3. The molecule has 0 unspecified atom stereocenters. The van der Waals surface area contributed by atoms with E-state index in [1.165, 1.54) is 30.4 Å². The Morgan fingerprint density at radius 2 is 2.00 bits per heavy atom. The molecule has 1 saturated carbocycles. The van der Waals surface area contributed by atoms with Crippen LogP contribution in [-0.2, 0) is 22.6 Å². The minimum absolute atomic E-state index is 0.118. The normalized spacial score (nSPS) is 20.7. The van der Waals surface area contributed by atoms with Crippen molar-refractivity contribution in [3.63, 3.8) is 0 Å². The number of fused-ring (bicyclic) bond motifs is 1. The SMILES string of the molecule is C[C@H](NC(=O)[C@H]1C[C@H](CCc2ccc(C3CCC3)cc2)CN1)C(=O)NCc1cnc2[nH]cc(Cl)c2c1. The highest BCUT2D eigenvalue weighted by Gasteiger charge is 2.30. The average Bonchev–Trinajstić information content (AvgIpc) is 3.48. The number of H-pyrrole nitrogens is 1. The van der Waals surface area contributed by atoms with E-state index in [4.69, 9.17) is 11.6 Å². The summed E-state index contributed by atoms with van der Waals surface area (Å²) in [5.74, 6) is 0.876. The van der Waals surface area contributed by atoms with Crippen LogP contribution in [-0.4, -0.2) is 40.4 Å². The number of carbonyl (C=O) groups excluding carboxylic acids is 2. The third-order valence-corrected chi connectivity index (χ3v) is 8.00. The maximum absolute atomic E-state index is 12.8. The number of aromatic amines is 1. The minimum atomic E-state index is -0.625. The van der Waals surface area contributed by atoms with Crippen molar-refractivity contribution in [2.45, 2.75) is 70.0 Å². The Morgan fingerprint density at radius 3 is 2.75 bits per heavy atom. The predicted molar refractivity (Wildman–Crippen MR) is 142 cm³/mol. The number of nitrogens with one attached hydrogen (secondary N) is 4. The summed E-state index contributed by atoms with van der Waals surface area (Å²) >= 11 is 6.15. The van der Waals surface area contributed by atoms with Gasteiger partial charge in [-0.2, -0.15) is 0 Å². The van der Waals surface area contributed by atoms with Gasteiger partial charge in [-0.05, 0) is 80.2 Å². The molecular weight excluding hydrogens is 474 g/mol. The zero-order chi connectivity index (χ0) is 25.1. The van der Waals surface area contributed by atoms with Gasteiger partial charge in [0.25, 0.3) is 0 Å². The summed E-state index contributed by atoms with van der Waals surface area (Å²) < 4.78 is 0. The molecule has 2 aliphatic rings. The molecule has 2 amide bonds. The van der Waals surface area contributed by atoms with E-state index in [1.54, 1.807) is 19.3 Å². The van der Waals surface area contributed by atoms with Crippen LogP contribution in [0.2, 0.25) is 5.02 Å². The number of aromatic nitrogens is 2. The first-order chi connectivity index (χ1) is 17.5. The largest absolute Gasteiger partial charge is 0.350 e. The van der Waals surface area contributed by atoms with E-state index in [9.17, 15) is 9.59 Å². The van der Waals surface area contributed by atoms with Crippen molar-refractivity contribution in [3.05, 3.63) is 64.4 Å². The molecule has 2 aromatic heterocycles. The summed E-state index contributed by atoms with van der Waals surface area (Å²) in [5, 5.41) is 10.5. The van der Waals surface area contributed by atoms with Crippen molar-refractivity contribution >= 4 is 34.4 Å². The number of hydrogen-bond acceptors (Lipinski definition) is 4. The van der Waals surface area contributed by atoms with Gasteiger partial charge < -0.3 is 20.9 Å². The maximum Gasteiger partial charge on any atom is 0.242 e. The number of rotatable bonds is 9. The van der Waals surface area contributed by atoms with Gasteiger partial charge in [-0.1, -0.05) is 42.3 Å². The first-order valence-corrected chi connectivity index (χ1v) is 13.4. The second kappa shape index (κ2) is 11.0. The molecule has 0 spiro atoms. The highest BCUT2D eigenvalue weighted by Crippen LogP contribution is 2.36. The van der Waals surface area contributed by atoms with Gasteiger partial charge in [0.15, 0.2) is 0 Å². The topological polar surface area (TPSA) is 98.9 Å². The Balaban J connectivity index is 1.04. The van der Waals surface area contributed by atoms with E-state index in [1.807, 2.05) is 6.07 Å². The summed E-state index contributed by atoms with van der Waals surface area (Å²) in [6.45, 7) is 2.85. The van der Waals surface area contributed by atoms with Crippen molar-refractivity contribution in [1.82, 2.24) is 25.9 Å². The summed E-state index contributed by atoms with van der Waals surface area (Å²) in [4.78, 5) is 32.6. The fraction of sp³-hybridized carbons (Fsp3) is 0.464. The van der Waals surface area contributed by atoms with Crippen molar-refractivity contribution in [3.8, 4) is 0 Å². The van der Waals surface area contributed by atoms with Crippen molar-refractivity contribution < 1.29 is 9.59 Å². The van der Waals surface area contributed by atoms with E-state index in [-0.39, 0.29) is 17.9 Å². The summed E-state index contributed by atoms with van der Waals surface area (Å²) in [5.41, 5.74) is 4.39. The highest BCUT2D eigenvalue weighted by molar-refractivity contribution is 6.35. The Hall–Kier alpha value is -2.90. The van der Waals surface area contributed by atoms with E-state index in [2.05, 4.69) is 50.2 Å². The fourth-order valence-corrected chi connectivity index (χ4v) is 5.33. The molecule has 2 fully saturated rings. The van der Waals surface area contributed by atoms with Gasteiger partial charge in [0.05, 0.1) is 11.1 Å². The summed E-state index contributed by atoms with van der Waals surface area (Å²) in [7, 11) is 0. The van der Waals surface area contributed by atoms with Gasteiger partial charge in [-0.25, -0.2) is 4.98 Å². The summed E-state index contributed by atoms with van der Waals surface area (Å²) in [6.07, 6.45) is 10.3. The van der Waals surface area contributed by atoms with Crippen LogP contribution in [0.25, 0.3) is 11.0 Å². The first kappa shape index (κ1) is 24.8. The molecule has 3 aromatic rings. The van der Waals surface area contributed by atoms with E-state index < -0.39 is 6.04 Å². The lowest BCUT2D eigenvalue weighted by atomic mass is 9.80. The fourth-order valence-electron chi connectivity index (χ4n) is 5.13. The number of aryl methyl sites for hydroxylation is 1. The molecule has 8 heteroatoms. The predicted octanol–water partition coefficient (Wildman–Crippen LogP) is 4.22. The van der Waals surface area contributed by atoms with Crippen LogP contribution in [0.15, 0.2) is 42.7 Å². The highest BCUT2D eigenvalue weighted by atomic mass is 35.5. The lowest BCUT2D eigenvalue weighted by Crippen LogP contribution is -2.49. The van der Waals surface area contributed by atoms with E-state index >= 15 is 0 Å². The Bertz CT molecular complexity index is 1220. The third kappa shape index (κ3) is 5.73. The number of benzene rings is 1. The lowest BCUT2D eigenvalue weighted by molar-refractivity contribution is -0.129. The molecule has 190 valence electrons. The van der Waals surface area contributed by atoms with Gasteiger partial charge >= 0.3 is 0 Å². The molecule has 1 aromatic carbocycles. The molecule has 0 bridgehead atoms. The van der Waals surface area contributed by atoms with Crippen LogP contribution < -0.4 is 16.0 Å². The molecule has 3 heterocycles. The van der Waals surface area contributed by atoms with Gasteiger partial charge in [0, 0.05) is 24.3 Å². The zero-order valence-electron chi connectivity index (χ0n) is 20.6. The zero-order valence-corrected chi connectivity index (χ0v) is 21.4. The van der Waals surface area contributed by atoms with E-state index in [0.29, 0.717) is 23.1 Å². The van der Waals surface area contributed by atoms with Crippen LogP contribution in [0.5, 0.6) is 0 Å². The molecular formula is C28H34ClN5O2. The molecule has 7 nitrogen and oxygen atoms in total. The number of amides is 2. The Morgan fingerprint density at radius 1 is 1.19 bits per heavy atom. The molecule has 4 N–H and O–H groups in total. The number of nitrogens with zero attached hydrogens (tertiary/aromatic N) is 1. The molecule has 5 rings (SSSR count). The van der Waals surface area contributed by atoms with Gasteiger partial charge in [0.2, 0.25) is 11.8 Å². The number of carbonyl (C=O) groups is 2. The van der Waals surface area contributed by atoms with Crippen LogP contribution >= 0.6 is 11.6 Å². The number of hydrogen-bond donors (Lipinski definition) is 4. The second-order valence-corrected chi connectivity index (χ2v) is 10.7. The maximum atomic E-state index is 12.8. The molecule has 3 atom stereocenters. The molecule has 0 radical (unpaired) electrons. The summed E-state index contributed by atoms with van der Waals surface area (Å²) in [6, 6.07) is 10.1. The first-order valence-electron chi connectivity index (χ1n) is 13.0. The van der Waals surface area contributed by atoms with Gasteiger partial charge in [0.1, 0.15) is 11.7 Å². The quantitative estimate of drug-likeness (QED) is 0.348.